The Hall–Kier alpha value is -1.28. The fraction of sp³-hybridized carbons (Fsp3) is 0.200. The van der Waals surface area contributed by atoms with Crippen LogP contribution in [0.3, 0.4) is 0 Å². The number of benzene rings is 2. The van der Waals surface area contributed by atoms with E-state index in [1.165, 1.54) is 24.3 Å². The lowest BCUT2D eigenvalue weighted by Gasteiger charge is -2.23. The van der Waals surface area contributed by atoms with Gasteiger partial charge >= 0.3 is 0 Å². The summed E-state index contributed by atoms with van der Waals surface area (Å²) in [5, 5.41) is 0. The highest BCUT2D eigenvalue weighted by Crippen LogP contribution is 2.23. The highest BCUT2D eigenvalue weighted by Gasteiger charge is 2.13. The Balaban J connectivity index is 2.27. The van der Waals surface area contributed by atoms with E-state index in [2.05, 4.69) is 0 Å². The van der Waals surface area contributed by atoms with E-state index in [0.717, 1.165) is 11.3 Å². The normalized spacial score (nSPS) is 12.1. The summed E-state index contributed by atoms with van der Waals surface area (Å²) in [6, 6.07) is 12.5. The van der Waals surface area contributed by atoms with E-state index in [-0.39, 0.29) is 9.79 Å². The maximum absolute atomic E-state index is 11.4. The summed E-state index contributed by atoms with van der Waals surface area (Å²) in [6.07, 6.45) is 0. The van der Waals surface area contributed by atoms with Gasteiger partial charge in [0.15, 0.2) is 0 Å². The van der Waals surface area contributed by atoms with Gasteiger partial charge in [0, 0.05) is 40.1 Å². The van der Waals surface area contributed by atoms with Crippen LogP contribution in [-0.2, 0) is 24.6 Å². The van der Waals surface area contributed by atoms with Crippen LogP contribution in [0.25, 0.3) is 0 Å². The first-order valence-corrected chi connectivity index (χ1v) is 11.6. The first-order valence-electron chi connectivity index (χ1n) is 6.94. The second-order valence-corrected chi connectivity index (χ2v) is 10.2. The van der Waals surface area contributed by atoms with Crippen molar-refractivity contribution in [3.63, 3.8) is 0 Å². The van der Waals surface area contributed by atoms with Crippen molar-refractivity contribution in [2.45, 2.75) is 23.3 Å². The van der Waals surface area contributed by atoms with Crippen LogP contribution in [0, 0.1) is 0 Å². The Morgan fingerprint density at radius 2 is 1.46 bits per heavy atom. The molecule has 0 unspecified atom stereocenters. The maximum Gasteiger partial charge on any atom is 0.261 e. The molecule has 0 aliphatic carbocycles. The molecule has 0 bridgehead atoms. The van der Waals surface area contributed by atoms with Gasteiger partial charge in [-0.25, -0.2) is 16.8 Å². The van der Waals surface area contributed by atoms with Gasteiger partial charge in [0.1, 0.15) is 0 Å². The van der Waals surface area contributed by atoms with Gasteiger partial charge in [-0.3, -0.25) is 0 Å². The van der Waals surface area contributed by atoms with Gasteiger partial charge in [0.05, 0.1) is 9.79 Å². The molecule has 5 nitrogen and oxygen atoms in total. The fourth-order valence-electron chi connectivity index (χ4n) is 2.22. The smallest absolute Gasteiger partial charge is 0.261 e. The predicted molar refractivity (Wildman–Crippen MR) is 95.7 cm³/mol. The molecule has 0 saturated carbocycles. The lowest BCUT2D eigenvalue weighted by atomic mass is 10.2. The minimum absolute atomic E-state index is 0.0270. The molecule has 0 amide bonds. The Morgan fingerprint density at radius 3 is 1.96 bits per heavy atom. The van der Waals surface area contributed by atoms with Crippen molar-refractivity contribution in [2.75, 3.05) is 11.4 Å². The molecule has 0 N–H and O–H groups in total. The predicted octanol–water partition coefficient (Wildman–Crippen LogP) is 3.57. The van der Waals surface area contributed by atoms with Crippen LogP contribution in [0.2, 0.25) is 0 Å². The first-order chi connectivity index (χ1) is 11.1. The summed E-state index contributed by atoms with van der Waals surface area (Å²) in [5.74, 6) is 0. The van der Waals surface area contributed by atoms with E-state index in [0.29, 0.717) is 13.1 Å². The molecule has 0 spiro atoms. The first kappa shape index (κ1) is 19.1. The number of nitrogens with zero attached hydrogens (tertiary/aromatic N) is 1. The second-order valence-electron chi connectivity index (χ2n) is 5.03. The summed E-state index contributed by atoms with van der Waals surface area (Å²) >= 11 is 0. The van der Waals surface area contributed by atoms with Gasteiger partial charge in [-0.15, -0.1) is 0 Å². The molecule has 2 aromatic carbocycles. The zero-order valence-corrected chi connectivity index (χ0v) is 15.8. The molecule has 0 aliphatic rings. The maximum atomic E-state index is 11.4. The van der Waals surface area contributed by atoms with Crippen molar-refractivity contribution in [1.29, 1.82) is 0 Å². The average Bonchev–Trinajstić information content (AvgIpc) is 2.51. The van der Waals surface area contributed by atoms with Crippen LogP contribution in [0.5, 0.6) is 0 Å². The third kappa shape index (κ3) is 4.86. The highest BCUT2D eigenvalue weighted by atomic mass is 35.7. The minimum atomic E-state index is -3.78. The van der Waals surface area contributed by atoms with Gasteiger partial charge in [0.25, 0.3) is 18.1 Å². The lowest BCUT2D eigenvalue weighted by molar-refractivity contribution is 0.608. The number of halogens is 2. The van der Waals surface area contributed by atoms with Crippen molar-refractivity contribution < 1.29 is 16.8 Å². The fourth-order valence-corrected chi connectivity index (χ4v) is 3.81. The molecule has 0 aromatic heterocycles. The molecule has 0 heterocycles. The minimum Gasteiger partial charge on any atom is -0.367 e. The van der Waals surface area contributed by atoms with Gasteiger partial charge in [-0.05, 0) is 48.9 Å². The molecular weight excluding hydrogens is 393 g/mol. The molecule has 0 radical (unpaired) electrons. The molecule has 0 aliphatic heterocycles. The monoisotopic (exact) mass is 407 g/mol. The van der Waals surface area contributed by atoms with E-state index < -0.39 is 18.1 Å². The molecule has 2 aromatic rings. The molecule has 0 atom stereocenters. The van der Waals surface area contributed by atoms with Crippen molar-refractivity contribution in [3.05, 3.63) is 54.1 Å². The summed E-state index contributed by atoms with van der Waals surface area (Å²) in [4.78, 5) is 2.03. The van der Waals surface area contributed by atoms with Crippen LogP contribution in [0.4, 0.5) is 5.69 Å². The zero-order valence-electron chi connectivity index (χ0n) is 12.7. The molecule has 9 heteroatoms. The van der Waals surface area contributed by atoms with Crippen molar-refractivity contribution in [2.24, 2.45) is 0 Å². The third-order valence-electron chi connectivity index (χ3n) is 3.42. The highest BCUT2D eigenvalue weighted by molar-refractivity contribution is 8.14. The largest absolute Gasteiger partial charge is 0.367 e. The summed E-state index contributed by atoms with van der Waals surface area (Å²) in [7, 11) is 3.13. The van der Waals surface area contributed by atoms with Gasteiger partial charge in [-0.1, -0.05) is 12.1 Å². The molecule has 0 fully saturated rings. The second kappa shape index (κ2) is 7.31. The number of hydrogen-bond acceptors (Lipinski definition) is 5. The van der Waals surface area contributed by atoms with Crippen LogP contribution in [-0.4, -0.2) is 23.4 Å². The summed E-state index contributed by atoms with van der Waals surface area (Å²) in [6.45, 7) is 3.03. The third-order valence-corrected chi connectivity index (χ3v) is 6.14. The van der Waals surface area contributed by atoms with Crippen molar-refractivity contribution in [3.8, 4) is 0 Å². The number of rotatable bonds is 6. The van der Waals surface area contributed by atoms with Crippen molar-refractivity contribution >= 4 is 45.2 Å². The molecule has 24 heavy (non-hydrogen) atoms. The van der Waals surface area contributed by atoms with E-state index in [1.54, 1.807) is 24.3 Å². The molecular formula is C15H15Cl2NO4S2. The van der Waals surface area contributed by atoms with E-state index in [9.17, 15) is 16.8 Å². The standard InChI is InChI=1S/C15H15Cl2NO4S2/c1-2-18(13-6-8-14(9-7-13)23(16,19)20)11-12-4-3-5-15(10-12)24(17,21)22/h3-10H,2,11H2,1H3. The van der Waals surface area contributed by atoms with Crippen molar-refractivity contribution in [1.82, 2.24) is 0 Å². The van der Waals surface area contributed by atoms with Gasteiger partial charge < -0.3 is 4.90 Å². The Bertz CT molecular complexity index is 926. The van der Waals surface area contributed by atoms with E-state index in [4.69, 9.17) is 21.4 Å². The van der Waals surface area contributed by atoms with Gasteiger partial charge in [0.2, 0.25) is 0 Å². The lowest BCUT2D eigenvalue weighted by Crippen LogP contribution is -2.22. The van der Waals surface area contributed by atoms with E-state index >= 15 is 0 Å². The zero-order chi connectivity index (χ0) is 18.0. The summed E-state index contributed by atoms with van der Waals surface area (Å²) < 4.78 is 45.4. The Morgan fingerprint density at radius 1 is 0.875 bits per heavy atom. The van der Waals surface area contributed by atoms with Crippen LogP contribution in [0.1, 0.15) is 12.5 Å². The molecule has 0 saturated heterocycles. The number of hydrogen-bond donors (Lipinski definition) is 0. The quantitative estimate of drug-likeness (QED) is 0.684. The SMILES string of the molecule is CCN(Cc1cccc(S(=O)(=O)Cl)c1)c1ccc(S(=O)(=O)Cl)cc1. The molecule has 130 valence electrons. The molecule has 2 rings (SSSR count). The van der Waals surface area contributed by atoms with Gasteiger partial charge in [-0.2, -0.15) is 0 Å². The van der Waals surface area contributed by atoms with E-state index in [1.807, 2.05) is 11.8 Å². The Labute approximate surface area is 150 Å². The average molecular weight is 408 g/mol. The Kier molecular flexibility index (Phi) is 5.80. The summed E-state index contributed by atoms with van der Waals surface area (Å²) in [5.41, 5.74) is 1.56. The van der Waals surface area contributed by atoms with Crippen LogP contribution in [0.15, 0.2) is 58.3 Å². The topological polar surface area (TPSA) is 71.5 Å². The number of anilines is 1. The van der Waals surface area contributed by atoms with Crippen LogP contribution < -0.4 is 4.90 Å². The van der Waals surface area contributed by atoms with Crippen LogP contribution >= 0.6 is 21.4 Å².